The first kappa shape index (κ1) is 18.3. The van der Waals surface area contributed by atoms with E-state index in [4.69, 9.17) is 4.74 Å². The Balaban J connectivity index is 1.63. The molecule has 0 bridgehead atoms. The fraction of sp³-hybridized carbons (Fsp3) is 0.696. The molecule has 2 aliphatic carbocycles. The van der Waals surface area contributed by atoms with E-state index in [0.717, 1.165) is 31.2 Å². The zero-order chi connectivity index (χ0) is 20.1. The molecule has 5 heteroatoms. The summed E-state index contributed by atoms with van der Waals surface area (Å²) >= 11 is 0. The van der Waals surface area contributed by atoms with Gasteiger partial charge < -0.3 is 20.3 Å². The van der Waals surface area contributed by atoms with Crippen LogP contribution in [0.3, 0.4) is 0 Å². The summed E-state index contributed by atoms with van der Waals surface area (Å²) in [6, 6.07) is 1.84. The van der Waals surface area contributed by atoms with Crippen molar-refractivity contribution in [2.45, 2.75) is 78.0 Å². The lowest BCUT2D eigenvalue weighted by Crippen LogP contribution is -2.66. The molecule has 28 heavy (non-hydrogen) atoms. The largest absolute Gasteiger partial charge is 0.507 e. The van der Waals surface area contributed by atoms with Crippen molar-refractivity contribution in [1.82, 2.24) is 5.32 Å². The number of phenols is 1. The number of rotatable bonds is 0. The molecule has 5 unspecified atom stereocenters. The normalized spacial score (nSPS) is 40.5. The number of hydrogen-bond acceptors (Lipinski definition) is 4. The molecule has 2 heterocycles. The van der Waals surface area contributed by atoms with Crippen LogP contribution < -0.4 is 10.1 Å². The topological polar surface area (TPSA) is 78.8 Å². The minimum absolute atomic E-state index is 0.0917. The first-order valence-corrected chi connectivity index (χ1v) is 10.6. The zero-order valence-corrected chi connectivity index (χ0v) is 17.3. The summed E-state index contributed by atoms with van der Waals surface area (Å²) in [4.78, 5) is 12.2. The first-order valence-electron chi connectivity index (χ1n) is 10.6. The minimum atomic E-state index is -0.404. The minimum Gasteiger partial charge on any atom is -0.507 e. The standard InChI is InChI=1S/C23H31NO4/c1-12-5-6-17-21(2,3)18(25)7-8-22(17,4)23(12)10-14-16(28-23)9-13-15(19(14)26)11-24-20(13)27/h9,12,17-18,25-26H,5-8,10-11H2,1-4H3,(H,24,27). The Morgan fingerprint density at radius 3 is 2.68 bits per heavy atom. The lowest BCUT2D eigenvalue weighted by Gasteiger charge is -2.64. The van der Waals surface area contributed by atoms with E-state index in [-0.39, 0.29) is 28.6 Å². The van der Waals surface area contributed by atoms with Gasteiger partial charge in [-0.25, -0.2) is 0 Å². The fourth-order valence-corrected chi connectivity index (χ4v) is 7.17. The van der Waals surface area contributed by atoms with Crippen molar-refractivity contribution < 1.29 is 19.7 Å². The van der Waals surface area contributed by atoms with Crippen LogP contribution in [0.15, 0.2) is 6.07 Å². The van der Waals surface area contributed by atoms with Crippen molar-refractivity contribution in [2.24, 2.45) is 22.7 Å². The van der Waals surface area contributed by atoms with Crippen molar-refractivity contribution in [1.29, 1.82) is 0 Å². The molecule has 5 nitrogen and oxygen atoms in total. The molecule has 1 spiro atoms. The van der Waals surface area contributed by atoms with Gasteiger partial charge >= 0.3 is 0 Å². The molecule has 3 N–H and O–H groups in total. The van der Waals surface area contributed by atoms with E-state index in [1.165, 1.54) is 0 Å². The SMILES string of the molecule is CC1CCC2C(C)(C)C(O)CCC2(C)C12Cc1c(cc3c(c1O)CNC3=O)O2. The van der Waals surface area contributed by atoms with Crippen molar-refractivity contribution in [2.75, 3.05) is 0 Å². The lowest BCUT2D eigenvalue weighted by molar-refractivity contribution is -0.210. The van der Waals surface area contributed by atoms with Gasteiger partial charge in [0, 0.05) is 29.5 Å². The number of aliphatic hydroxyl groups is 1. The average molecular weight is 386 g/mol. The predicted molar refractivity (Wildman–Crippen MR) is 105 cm³/mol. The highest BCUT2D eigenvalue weighted by Crippen LogP contribution is 2.66. The number of carbonyl (C=O) groups is 1. The van der Waals surface area contributed by atoms with Gasteiger partial charge in [-0.3, -0.25) is 4.79 Å². The van der Waals surface area contributed by atoms with Gasteiger partial charge in [-0.2, -0.15) is 0 Å². The molecule has 0 radical (unpaired) electrons. The van der Waals surface area contributed by atoms with Gasteiger partial charge in [-0.15, -0.1) is 0 Å². The third-order valence-electron chi connectivity index (χ3n) is 8.99. The second kappa shape index (κ2) is 5.44. The molecule has 152 valence electrons. The van der Waals surface area contributed by atoms with Gasteiger partial charge in [0.2, 0.25) is 0 Å². The number of nitrogens with one attached hydrogen (secondary N) is 1. The number of amides is 1. The van der Waals surface area contributed by atoms with Crippen molar-refractivity contribution in [3.8, 4) is 11.5 Å². The number of aromatic hydroxyl groups is 1. The molecule has 0 aromatic heterocycles. The number of aliphatic hydroxyl groups excluding tert-OH is 1. The van der Waals surface area contributed by atoms with Crippen LogP contribution in [0.5, 0.6) is 11.5 Å². The number of ether oxygens (including phenoxy) is 1. The van der Waals surface area contributed by atoms with Crippen LogP contribution >= 0.6 is 0 Å². The molecular formula is C23H31NO4. The molecule has 5 rings (SSSR count). The second-order valence-electron chi connectivity index (χ2n) is 10.4. The Bertz CT molecular complexity index is 878. The van der Waals surface area contributed by atoms with E-state index >= 15 is 0 Å². The van der Waals surface area contributed by atoms with Gasteiger partial charge in [0.1, 0.15) is 17.1 Å². The Morgan fingerprint density at radius 1 is 1.18 bits per heavy atom. The number of hydrogen-bond donors (Lipinski definition) is 3. The quantitative estimate of drug-likeness (QED) is 0.638. The van der Waals surface area contributed by atoms with Gasteiger partial charge in [0.05, 0.1) is 11.7 Å². The van der Waals surface area contributed by atoms with Crippen LogP contribution in [0.25, 0.3) is 0 Å². The highest BCUT2D eigenvalue weighted by molar-refractivity contribution is 6.00. The van der Waals surface area contributed by atoms with E-state index in [1.54, 1.807) is 0 Å². The van der Waals surface area contributed by atoms with E-state index in [1.807, 2.05) is 6.07 Å². The maximum Gasteiger partial charge on any atom is 0.252 e. The van der Waals surface area contributed by atoms with Crippen LogP contribution in [0, 0.1) is 22.7 Å². The molecule has 0 saturated heterocycles. The van der Waals surface area contributed by atoms with Crippen molar-refractivity contribution in [3.63, 3.8) is 0 Å². The van der Waals surface area contributed by atoms with Crippen LogP contribution in [-0.2, 0) is 13.0 Å². The summed E-state index contributed by atoms with van der Waals surface area (Å²) < 4.78 is 6.78. The fourth-order valence-electron chi connectivity index (χ4n) is 7.17. The average Bonchev–Trinajstić information content (AvgIpc) is 3.20. The summed E-state index contributed by atoms with van der Waals surface area (Å²) in [5.41, 5.74) is 1.44. The zero-order valence-electron chi connectivity index (χ0n) is 17.3. The van der Waals surface area contributed by atoms with Gasteiger partial charge in [0.25, 0.3) is 5.91 Å². The maximum atomic E-state index is 12.2. The Kier molecular flexibility index (Phi) is 3.55. The molecular weight excluding hydrogens is 354 g/mol. The summed E-state index contributed by atoms with van der Waals surface area (Å²) in [5, 5.41) is 24.5. The van der Waals surface area contributed by atoms with Crippen LogP contribution in [0.4, 0.5) is 0 Å². The molecule has 1 aromatic rings. The third-order valence-corrected chi connectivity index (χ3v) is 8.99. The number of carbonyl (C=O) groups excluding carboxylic acids is 1. The third kappa shape index (κ3) is 1.99. The Morgan fingerprint density at radius 2 is 1.93 bits per heavy atom. The van der Waals surface area contributed by atoms with Gasteiger partial charge in [-0.05, 0) is 49.0 Å². The molecule has 4 aliphatic rings. The number of fused-ring (bicyclic) bond motifs is 4. The molecule has 2 aliphatic heterocycles. The monoisotopic (exact) mass is 385 g/mol. The summed E-state index contributed by atoms with van der Waals surface area (Å²) in [7, 11) is 0. The molecule has 1 aromatic carbocycles. The van der Waals surface area contributed by atoms with Gasteiger partial charge in [0.15, 0.2) is 0 Å². The lowest BCUT2D eigenvalue weighted by atomic mass is 9.43. The molecule has 1 amide bonds. The van der Waals surface area contributed by atoms with Gasteiger partial charge in [-0.1, -0.05) is 27.7 Å². The summed E-state index contributed by atoms with van der Waals surface area (Å²) in [5.74, 6) is 1.46. The van der Waals surface area contributed by atoms with Crippen LogP contribution in [0.2, 0.25) is 0 Å². The molecule has 2 fully saturated rings. The Hall–Kier alpha value is -1.75. The Labute approximate surface area is 166 Å². The summed E-state index contributed by atoms with van der Waals surface area (Å²) in [6.45, 7) is 9.38. The maximum absolute atomic E-state index is 12.2. The van der Waals surface area contributed by atoms with E-state index in [9.17, 15) is 15.0 Å². The summed E-state index contributed by atoms with van der Waals surface area (Å²) in [6.07, 6.45) is 4.22. The first-order chi connectivity index (χ1) is 13.1. The van der Waals surface area contributed by atoms with E-state index in [0.29, 0.717) is 41.7 Å². The smallest absolute Gasteiger partial charge is 0.252 e. The van der Waals surface area contributed by atoms with E-state index < -0.39 is 5.60 Å². The second-order valence-corrected chi connectivity index (χ2v) is 10.4. The van der Waals surface area contributed by atoms with Crippen molar-refractivity contribution >= 4 is 5.91 Å². The predicted octanol–water partition coefficient (Wildman–Crippen LogP) is 3.54. The molecule has 5 atom stereocenters. The van der Waals surface area contributed by atoms with Crippen molar-refractivity contribution in [3.05, 3.63) is 22.8 Å². The molecule has 2 saturated carbocycles. The van der Waals surface area contributed by atoms with E-state index in [2.05, 4.69) is 33.0 Å². The van der Waals surface area contributed by atoms with Crippen LogP contribution in [0.1, 0.15) is 74.9 Å². The number of phenolic OH excluding ortho intramolecular Hbond substituents is 1. The highest BCUT2D eigenvalue weighted by atomic mass is 16.5. The van der Waals surface area contributed by atoms with Crippen LogP contribution in [-0.4, -0.2) is 27.8 Å². The highest BCUT2D eigenvalue weighted by Gasteiger charge is 2.67. The number of benzene rings is 1.